The van der Waals surface area contributed by atoms with E-state index in [9.17, 15) is 14.0 Å². The highest BCUT2D eigenvalue weighted by atomic mass is 35.5. The summed E-state index contributed by atoms with van der Waals surface area (Å²) in [5.74, 6) is -2.55. The van der Waals surface area contributed by atoms with E-state index >= 15 is 0 Å². The van der Waals surface area contributed by atoms with Crippen molar-refractivity contribution in [1.82, 2.24) is 5.32 Å². The maximum atomic E-state index is 13.6. The fourth-order valence-electron chi connectivity index (χ4n) is 1.70. The average molecular weight is 302 g/mol. The second-order valence-corrected chi connectivity index (χ2v) is 5.66. The van der Waals surface area contributed by atoms with Crippen LogP contribution in [0.25, 0.3) is 0 Å². The highest BCUT2D eigenvalue weighted by molar-refractivity contribution is 6.31. The van der Waals surface area contributed by atoms with Crippen molar-refractivity contribution >= 4 is 23.5 Å². The van der Waals surface area contributed by atoms with Crippen LogP contribution in [0.2, 0.25) is 5.02 Å². The molecule has 1 aromatic carbocycles. The van der Waals surface area contributed by atoms with Crippen molar-refractivity contribution in [2.75, 3.05) is 0 Å². The number of rotatable bonds is 5. The molecule has 0 aromatic heterocycles. The molecule has 1 rings (SSSR count). The van der Waals surface area contributed by atoms with Gasteiger partial charge in [0.2, 0.25) is 0 Å². The molecule has 0 radical (unpaired) electrons. The maximum Gasteiger partial charge on any atom is 0.305 e. The molecule has 0 saturated heterocycles. The minimum atomic E-state index is -1.03. The molecule has 0 bridgehead atoms. The number of amides is 1. The van der Waals surface area contributed by atoms with Gasteiger partial charge in [-0.3, -0.25) is 9.59 Å². The molecule has 0 fully saturated rings. The van der Waals surface area contributed by atoms with Crippen LogP contribution >= 0.6 is 11.6 Å². The Kier molecular flexibility index (Phi) is 5.11. The van der Waals surface area contributed by atoms with Gasteiger partial charge in [0.15, 0.2) is 0 Å². The first kappa shape index (κ1) is 16.4. The van der Waals surface area contributed by atoms with E-state index in [1.165, 1.54) is 12.1 Å². The Labute approximate surface area is 121 Å². The second-order valence-electron chi connectivity index (χ2n) is 5.22. The van der Waals surface area contributed by atoms with Gasteiger partial charge in [-0.2, -0.15) is 0 Å². The van der Waals surface area contributed by atoms with E-state index in [4.69, 9.17) is 16.7 Å². The van der Waals surface area contributed by atoms with E-state index in [2.05, 4.69) is 5.32 Å². The number of benzene rings is 1. The first-order chi connectivity index (χ1) is 9.15. The number of hydrogen-bond acceptors (Lipinski definition) is 2. The Hall–Kier alpha value is -1.62. The largest absolute Gasteiger partial charge is 0.481 e. The number of carbonyl (C=O) groups excluding carboxylic acids is 1. The lowest BCUT2D eigenvalue weighted by atomic mass is 9.85. The summed E-state index contributed by atoms with van der Waals surface area (Å²) in [5.41, 5.74) is -1.17. The van der Waals surface area contributed by atoms with Crippen LogP contribution < -0.4 is 5.32 Å². The standard InChI is InChI=1S/C14H17ClFNO3/c1-8(2)14(3,7-12(18)19)17-13(20)10-6-9(15)4-5-11(10)16/h4-6,8H,7H2,1-3H3,(H,17,20)(H,18,19). The van der Waals surface area contributed by atoms with E-state index in [1.807, 2.05) is 0 Å². The van der Waals surface area contributed by atoms with Crippen LogP contribution in [-0.4, -0.2) is 22.5 Å². The van der Waals surface area contributed by atoms with Crippen LogP contribution in [0.1, 0.15) is 37.6 Å². The van der Waals surface area contributed by atoms with Crippen LogP contribution in [0.5, 0.6) is 0 Å². The van der Waals surface area contributed by atoms with Crippen LogP contribution in [0.15, 0.2) is 18.2 Å². The molecule has 0 aliphatic rings. The third kappa shape index (κ3) is 3.93. The molecule has 6 heteroatoms. The van der Waals surface area contributed by atoms with Gasteiger partial charge < -0.3 is 10.4 Å². The number of aliphatic carboxylic acids is 1. The zero-order chi connectivity index (χ0) is 15.5. The van der Waals surface area contributed by atoms with Crippen molar-refractivity contribution in [1.29, 1.82) is 0 Å². The fraction of sp³-hybridized carbons (Fsp3) is 0.429. The molecule has 0 aliphatic heterocycles. The molecule has 1 amide bonds. The van der Waals surface area contributed by atoms with Crippen LogP contribution in [0, 0.1) is 11.7 Å². The predicted octanol–water partition coefficient (Wildman–Crippen LogP) is 3.10. The SMILES string of the molecule is CC(C)C(C)(CC(=O)O)NC(=O)c1cc(Cl)ccc1F. The average Bonchev–Trinajstić information content (AvgIpc) is 2.30. The summed E-state index contributed by atoms with van der Waals surface area (Å²) in [6, 6.07) is 3.65. The van der Waals surface area contributed by atoms with E-state index in [0.717, 1.165) is 6.07 Å². The van der Waals surface area contributed by atoms with Gasteiger partial charge >= 0.3 is 5.97 Å². The van der Waals surface area contributed by atoms with Gasteiger partial charge in [0, 0.05) is 5.02 Å². The second kappa shape index (κ2) is 6.22. The molecule has 1 atom stereocenters. The first-order valence-corrected chi connectivity index (χ1v) is 6.53. The van der Waals surface area contributed by atoms with Gasteiger partial charge in [-0.15, -0.1) is 0 Å². The Bertz CT molecular complexity index is 533. The van der Waals surface area contributed by atoms with Crippen molar-refractivity contribution in [2.24, 2.45) is 5.92 Å². The zero-order valence-electron chi connectivity index (χ0n) is 11.5. The zero-order valence-corrected chi connectivity index (χ0v) is 12.3. The van der Waals surface area contributed by atoms with Crippen molar-refractivity contribution in [3.63, 3.8) is 0 Å². The molecule has 1 unspecified atom stereocenters. The molecule has 110 valence electrons. The lowest BCUT2D eigenvalue weighted by Gasteiger charge is -2.33. The quantitative estimate of drug-likeness (QED) is 0.878. The van der Waals surface area contributed by atoms with E-state index in [1.54, 1.807) is 20.8 Å². The first-order valence-electron chi connectivity index (χ1n) is 6.15. The maximum absolute atomic E-state index is 13.6. The molecular weight excluding hydrogens is 285 g/mol. The molecule has 0 spiro atoms. The number of nitrogens with one attached hydrogen (secondary N) is 1. The van der Waals surface area contributed by atoms with Crippen LogP contribution in [-0.2, 0) is 4.79 Å². The molecule has 0 heterocycles. The summed E-state index contributed by atoms with van der Waals surface area (Å²) in [7, 11) is 0. The normalized spacial score (nSPS) is 13.9. The highest BCUT2D eigenvalue weighted by Gasteiger charge is 2.33. The smallest absolute Gasteiger partial charge is 0.305 e. The van der Waals surface area contributed by atoms with Gasteiger partial charge in [0.1, 0.15) is 5.82 Å². The van der Waals surface area contributed by atoms with E-state index < -0.39 is 23.2 Å². The lowest BCUT2D eigenvalue weighted by molar-refractivity contribution is -0.138. The molecule has 0 aliphatic carbocycles. The Morgan fingerprint density at radius 2 is 2.05 bits per heavy atom. The summed E-state index contributed by atoms with van der Waals surface area (Å²) in [6.45, 7) is 5.20. The topological polar surface area (TPSA) is 66.4 Å². The third-order valence-electron chi connectivity index (χ3n) is 3.36. The van der Waals surface area contributed by atoms with Gasteiger partial charge in [0.05, 0.1) is 17.5 Å². The highest BCUT2D eigenvalue weighted by Crippen LogP contribution is 2.23. The van der Waals surface area contributed by atoms with E-state index in [-0.39, 0.29) is 22.9 Å². The molecule has 0 saturated carbocycles. The van der Waals surface area contributed by atoms with Gasteiger partial charge in [0.25, 0.3) is 5.91 Å². The molecule has 2 N–H and O–H groups in total. The number of carboxylic acid groups (broad SMARTS) is 1. The minimum absolute atomic E-state index is 0.134. The Balaban J connectivity index is 3.02. The summed E-state index contributed by atoms with van der Waals surface area (Å²) in [5, 5.41) is 11.8. The monoisotopic (exact) mass is 301 g/mol. The minimum Gasteiger partial charge on any atom is -0.481 e. The van der Waals surface area contributed by atoms with Gasteiger partial charge in [-0.25, -0.2) is 4.39 Å². The van der Waals surface area contributed by atoms with Crippen molar-refractivity contribution in [3.8, 4) is 0 Å². The summed E-state index contributed by atoms with van der Waals surface area (Å²) >= 11 is 5.74. The molecule has 4 nitrogen and oxygen atoms in total. The van der Waals surface area contributed by atoms with Crippen molar-refractivity contribution in [3.05, 3.63) is 34.6 Å². The van der Waals surface area contributed by atoms with Gasteiger partial charge in [-0.1, -0.05) is 25.4 Å². The van der Waals surface area contributed by atoms with Crippen molar-refractivity contribution < 1.29 is 19.1 Å². The number of carbonyl (C=O) groups is 2. The summed E-state index contributed by atoms with van der Waals surface area (Å²) in [6.07, 6.45) is -0.251. The fourth-order valence-corrected chi connectivity index (χ4v) is 1.88. The molecule has 20 heavy (non-hydrogen) atoms. The third-order valence-corrected chi connectivity index (χ3v) is 3.60. The summed E-state index contributed by atoms with van der Waals surface area (Å²) in [4.78, 5) is 23.0. The lowest BCUT2D eigenvalue weighted by Crippen LogP contribution is -2.51. The Morgan fingerprint density at radius 1 is 1.45 bits per heavy atom. The number of carboxylic acids is 1. The van der Waals surface area contributed by atoms with E-state index in [0.29, 0.717) is 0 Å². The van der Waals surface area contributed by atoms with Crippen LogP contribution in [0.4, 0.5) is 4.39 Å². The van der Waals surface area contributed by atoms with Crippen molar-refractivity contribution in [2.45, 2.75) is 32.7 Å². The number of halogens is 2. The number of hydrogen-bond donors (Lipinski definition) is 2. The molecule has 1 aromatic rings. The van der Waals surface area contributed by atoms with Gasteiger partial charge in [-0.05, 0) is 31.0 Å². The summed E-state index contributed by atoms with van der Waals surface area (Å²) < 4.78 is 13.6. The van der Waals surface area contributed by atoms with Crippen LogP contribution in [0.3, 0.4) is 0 Å². The Morgan fingerprint density at radius 3 is 2.55 bits per heavy atom. The predicted molar refractivity (Wildman–Crippen MR) is 74.4 cm³/mol. The molecular formula is C14H17ClFNO3.